The summed E-state index contributed by atoms with van der Waals surface area (Å²) in [6, 6.07) is 11.6. The van der Waals surface area contributed by atoms with Gasteiger partial charge in [0.1, 0.15) is 11.4 Å². The van der Waals surface area contributed by atoms with E-state index < -0.39 is 0 Å². The molecule has 0 spiro atoms. The van der Waals surface area contributed by atoms with Crippen LogP contribution < -0.4 is 10.3 Å². The second-order valence-electron chi connectivity index (χ2n) is 7.70. The molecule has 0 bridgehead atoms. The van der Waals surface area contributed by atoms with Crippen molar-refractivity contribution in [3.05, 3.63) is 75.3 Å². The van der Waals surface area contributed by atoms with Gasteiger partial charge in [0, 0.05) is 31.3 Å². The smallest absolute Gasteiger partial charge is 0.251 e. The third kappa shape index (κ3) is 4.22. The van der Waals surface area contributed by atoms with E-state index in [2.05, 4.69) is 40.8 Å². The normalized spacial score (nSPS) is 16.9. The zero-order valence-corrected chi connectivity index (χ0v) is 17.1. The van der Waals surface area contributed by atoms with Gasteiger partial charge in [-0.25, -0.2) is 4.98 Å². The van der Waals surface area contributed by atoms with Crippen molar-refractivity contribution < 1.29 is 4.74 Å². The quantitative estimate of drug-likeness (QED) is 0.723. The van der Waals surface area contributed by atoms with Crippen molar-refractivity contribution in [3.63, 3.8) is 0 Å². The Balaban J connectivity index is 1.51. The van der Waals surface area contributed by atoms with Crippen LogP contribution >= 0.6 is 0 Å². The number of aromatic amines is 1. The Hall–Kier alpha value is -2.99. The Morgan fingerprint density at radius 3 is 2.83 bits per heavy atom. The van der Waals surface area contributed by atoms with Crippen molar-refractivity contribution in [2.45, 2.75) is 32.7 Å². The molecule has 1 aliphatic rings. The van der Waals surface area contributed by atoms with Gasteiger partial charge in [0.25, 0.3) is 5.56 Å². The maximum absolute atomic E-state index is 12.2. The number of pyridine rings is 1. The number of likely N-dealkylation sites (tertiary alicyclic amines) is 1. The van der Waals surface area contributed by atoms with Crippen molar-refractivity contribution in [3.8, 4) is 17.3 Å². The monoisotopic (exact) mass is 390 g/mol. The molecule has 1 saturated heterocycles. The summed E-state index contributed by atoms with van der Waals surface area (Å²) < 4.78 is 5.43. The Kier molecular flexibility index (Phi) is 5.45. The molecule has 1 aliphatic heterocycles. The molecule has 6 nitrogen and oxygen atoms in total. The van der Waals surface area contributed by atoms with Crippen LogP contribution in [0.5, 0.6) is 5.75 Å². The number of rotatable bonds is 5. The summed E-state index contributed by atoms with van der Waals surface area (Å²) in [4.78, 5) is 26.5. The third-order valence-corrected chi connectivity index (χ3v) is 5.61. The first-order valence-corrected chi connectivity index (χ1v) is 9.92. The molecule has 0 radical (unpaired) electrons. The molecule has 0 amide bonds. The molecule has 6 heteroatoms. The van der Waals surface area contributed by atoms with Crippen molar-refractivity contribution in [1.29, 1.82) is 0 Å². The first kappa shape index (κ1) is 19.3. The summed E-state index contributed by atoms with van der Waals surface area (Å²) in [7, 11) is 1.71. The number of nitrogens with zero attached hydrogens (tertiary/aromatic N) is 3. The van der Waals surface area contributed by atoms with Crippen LogP contribution in [0, 0.1) is 13.8 Å². The fraction of sp³-hybridized carbons (Fsp3) is 0.348. The van der Waals surface area contributed by atoms with E-state index >= 15 is 0 Å². The molecular formula is C23H26N4O2. The predicted octanol–water partition coefficient (Wildman–Crippen LogP) is 3.45. The second-order valence-corrected chi connectivity index (χ2v) is 7.70. The van der Waals surface area contributed by atoms with E-state index in [9.17, 15) is 4.79 Å². The van der Waals surface area contributed by atoms with Crippen molar-refractivity contribution >= 4 is 0 Å². The average molecular weight is 390 g/mol. The Morgan fingerprint density at radius 1 is 1.21 bits per heavy atom. The van der Waals surface area contributed by atoms with Crippen molar-refractivity contribution in [2.75, 3.05) is 20.2 Å². The van der Waals surface area contributed by atoms with Gasteiger partial charge in [-0.05, 0) is 61.7 Å². The molecule has 4 rings (SSSR count). The molecule has 3 heterocycles. The summed E-state index contributed by atoms with van der Waals surface area (Å²) in [5.74, 6) is 1.72. The van der Waals surface area contributed by atoms with Gasteiger partial charge in [0.15, 0.2) is 5.82 Å². The summed E-state index contributed by atoms with van der Waals surface area (Å²) in [5.41, 5.74) is 5.11. The number of aryl methyl sites for hydroxylation is 2. The predicted molar refractivity (Wildman–Crippen MR) is 113 cm³/mol. The van der Waals surface area contributed by atoms with E-state index in [1.165, 1.54) is 11.1 Å². The first-order valence-electron chi connectivity index (χ1n) is 9.92. The summed E-state index contributed by atoms with van der Waals surface area (Å²) in [6.07, 6.45) is 2.70. The lowest BCUT2D eigenvalue weighted by molar-refractivity contribution is 0.325. The van der Waals surface area contributed by atoms with E-state index in [1.54, 1.807) is 19.4 Å². The minimum atomic E-state index is -0.129. The highest BCUT2D eigenvalue weighted by Gasteiger charge is 2.26. The van der Waals surface area contributed by atoms with Gasteiger partial charge in [-0.3, -0.25) is 14.7 Å². The van der Waals surface area contributed by atoms with Gasteiger partial charge in [0.05, 0.1) is 12.8 Å². The van der Waals surface area contributed by atoms with Crippen molar-refractivity contribution in [2.24, 2.45) is 0 Å². The van der Waals surface area contributed by atoms with E-state index in [4.69, 9.17) is 9.72 Å². The van der Waals surface area contributed by atoms with Gasteiger partial charge in [-0.15, -0.1) is 0 Å². The van der Waals surface area contributed by atoms with Crippen LogP contribution in [-0.2, 0) is 6.54 Å². The number of hydrogen-bond acceptors (Lipinski definition) is 5. The van der Waals surface area contributed by atoms with E-state index in [0.717, 1.165) is 43.1 Å². The minimum absolute atomic E-state index is 0.129. The molecule has 1 atom stereocenters. The van der Waals surface area contributed by atoms with Crippen LogP contribution in [0.3, 0.4) is 0 Å². The number of benzene rings is 1. The van der Waals surface area contributed by atoms with E-state index in [0.29, 0.717) is 11.5 Å². The van der Waals surface area contributed by atoms with Gasteiger partial charge in [-0.2, -0.15) is 0 Å². The average Bonchev–Trinajstić information content (AvgIpc) is 3.19. The SMILES string of the molecule is COc1cc(C)c(CN2CC[C@H](c3cc(=O)[nH]c(-c4ccccn4)n3)C2)cc1C. The van der Waals surface area contributed by atoms with Crippen LogP contribution in [0.15, 0.2) is 47.4 Å². The maximum atomic E-state index is 12.2. The number of hydrogen-bond donors (Lipinski definition) is 1. The largest absolute Gasteiger partial charge is 0.496 e. The number of methoxy groups -OCH3 is 1. The van der Waals surface area contributed by atoms with Gasteiger partial charge in [-0.1, -0.05) is 12.1 Å². The van der Waals surface area contributed by atoms with Crippen LogP contribution in [-0.4, -0.2) is 40.1 Å². The topological polar surface area (TPSA) is 71.1 Å². The van der Waals surface area contributed by atoms with Gasteiger partial charge >= 0.3 is 0 Å². The van der Waals surface area contributed by atoms with Gasteiger partial charge < -0.3 is 9.72 Å². The Morgan fingerprint density at radius 2 is 2.07 bits per heavy atom. The molecule has 1 aromatic carbocycles. The summed E-state index contributed by atoms with van der Waals surface area (Å²) in [5, 5.41) is 0. The molecule has 0 aliphatic carbocycles. The third-order valence-electron chi connectivity index (χ3n) is 5.61. The fourth-order valence-electron chi connectivity index (χ4n) is 4.01. The highest BCUT2D eigenvalue weighted by atomic mass is 16.5. The highest BCUT2D eigenvalue weighted by molar-refractivity contribution is 5.48. The van der Waals surface area contributed by atoms with E-state index in [-0.39, 0.29) is 11.5 Å². The molecule has 1 N–H and O–H groups in total. The molecule has 3 aromatic rings. The zero-order valence-electron chi connectivity index (χ0n) is 17.1. The van der Waals surface area contributed by atoms with Crippen LogP contribution in [0.2, 0.25) is 0 Å². The molecular weight excluding hydrogens is 364 g/mol. The summed E-state index contributed by atoms with van der Waals surface area (Å²) >= 11 is 0. The standard InChI is InChI=1S/C23H26N4O2/c1-15-11-21(29-3)16(2)10-18(15)14-27-9-7-17(13-27)20-12-22(28)26-23(25-20)19-6-4-5-8-24-19/h4-6,8,10-12,17H,7,9,13-14H2,1-3H3,(H,25,26,28)/t17-/m0/s1. The molecule has 1 fully saturated rings. The number of H-pyrrole nitrogens is 1. The lowest BCUT2D eigenvalue weighted by atomic mass is 10.0. The Labute approximate surface area is 170 Å². The maximum Gasteiger partial charge on any atom is 0.251 e. The highest BCUT2D eigenvalue weighted by Crippen LogP contribution is 2.29. The number of ether oxygens (including phenoxy) is 1. The number of aromatic nitrogens is 3. The minimum Gasteiger partial charge on any atom is -0.496 e. The summed E-state index contributed by atoms with van der Waals surface area (Å²) in [6.45, 7) is 6.98. The van der Waals surface area contributed by atoms with Gasteiger partial charge in [0.2, 0.25) is 0 Å². The zero-order chi connectivity index (χ0) is 20.4. The lowest BCUT2D eigenvalue weighted by Gasteiger charge is -2.19. The molecule has 29 heavy (non-hydrogen) atoms. The van der Waals surface area contributed by atoms with Crippen LogP contribution in [0.1, 0.15) is 34.7 Å². The fourth-order valence-corrected chi connectivity index (χ4v) is 4.01. The first-order chi connectivity index (χ1) is 14.0. The molecule has 2 aromatic heterocycles. The molecule has 0 saturated carbocycles. The molecule has 0 unspecified atom stereocenters. The second kappa shape index (κ2) is 8.17. The van der Waals surface area contributed by atoms with E-state index in [1.807, 2.05) is 18.2 Å². The van der Waals surface area contributed by atoms with Crippen LogP contribution in [0.25, 0.3) is 11.5 Å². The molecule has 150 valence electrons. The lowest BCUT2D eigenvalue weighted by Crippen LogP contribution is -2.21. The Bertz CT molecular complexity index is 1060. The van der Waals surface area contributed by atoms with Crippen LogP contribution in [0.4, 0.5) is 0 Å². The van der Waals surface area contributed by atoms with Crippen molar-refractivity contribution in [1.82, 2.24) is 19.9 Å². The number of nitrogens with one attached hydrogen (secondary N) is 1.